The highest BCUT2D eigenvalue weighted by atomic mass is 32.2. The van der Waals surface area contributed by atoms with Gasteiger partial charge in [-0.1, -0.05) is 41.5 Å². The Morgan fingerprint density at radius 3 is 2.15 bits per heavy atom. The van der Waals surface area contributed by atoms with E-state index in [0.717, 1.165) is 32.1 Å². The molecule has 2 rings (SSSR count). The number of ketones is 1. The Balaban J connectivity index is 1.89. The molecule has 1 saturated carbocycles. The highest BCUT2D eigenvalue weighted by Gasteiger charge is 2.42. The van der Waals surface area contributed by atoms with Crippen LogP contribution in [-0.2, 0) is 14.4 Å². The van der Waals surface area contributed by atoms with Gasteiger partial charge in [-0.25, -0.2) is 0 Å². The molecular formula is C21H35NO3S. The molecule has 0 aromatic heterocycles. The summed E-state index contributed by atoms with van der Waals surface area (Å²) < 4.78 is 0.0159. The average Bonchev–Trinajstić information content (AvgIpc) is 2.81. The predicted molar refractivity (Wildman–Crippen MR) is 107 cm³/mol. The number of Topliss-reactive ketones (excluding diaryl/α,β-unsaturated/α-hetero) is 1. The van der Waals surface area contributed by atoms with Crippen molar-refractivity contribution in [2.75, 3.05) is 6.54 Å². The summed E-state index contributed by atoms with van der Waals surface area (Å²) in [7, 11) is 0. The predicted octanol–water partition coefficient (Wildman–Crippen LogP) is 4.46. The number of amides is 2. The zero-order valence-electron chi connectivity index (χ0n) is 17.3. The highest BCUT2D eigenvalue weighted by molar-refractivity contribution is 8.02. The summed E-state index contributed by atoms with van der Waals surface area (Å²) in [6.07, 6.45) is 4.95. The van der Waals surface area contributed by atoms with E-state index in [1.807, 2.05) is 20.8 Å². The Bertz CT molecular complexity index is 556. The summed E-state index contributed by atoms with van der Waals surface area (Å²) in [5.41, 5.74) is -0.283. The molecule has 2 aliphatic rings. The number of carbonyl (C=O) groups excluding carboxylic acids is 3. The summed E-state index contributed by atoms with van der Waals surface area (Å²) in [5.74, 6) is 0.809. The lowest BCUT2D eigenvalue weighted by molar-refractivity contribution is -0.140. The fourth-order valence-electron chi connectivity index (χ4n) is 3.88. The molecule has 148 valence electrons. The van der Waals surface area contributed by atoms with Crippen molar-refractivity contribution < 1.29 is 14.4 Å². The minimum atomic E-state index is -0.283. The van der Waals surface area contributed by atoms with Gasteiger partial charge in [0.15, 0.2) is 0 Å². The van der Waals surface area contributed by atoms with Gasteiger partial charge >= 0.3 is 0 Å². The van der Waals surface area contributed by atoms with Crippen molar-refractivity contribution in [3.8, 4) is 0 Å². The van der Waals surface area contributed by atoms with E-state index in [-0.39, 0.29) is 33.1 Å². The molecular weight excluding hydrogens is 346 g/mol. The Kier molecular flexibility index (Phi) is 6.63. The zero-order valence-corrected chi connectivity index (χ0v) is 18.1. The third-order valence-electron chi connectivity index (χ3n) is 5.91. The minimum absolute atomic E-state index is 0.00517. The lowest BCUT2D eigenvalue weighted by atomic mass is 9.73. The van der Waals surface area contributed by atoms with E-state index in [1.165, 1.54) is 4.90 Å². The molecule has 0 radical (unpaired) electrons. The first-order valence-corrected chi connectivity index (χ1v) is 10.9. The van der Waals surface area contributed by atoms with Gasteiger partial charge in [-0.15, -0.1) is 11.8 Å². The van der Waals surface area contributed by atoms with Gasteiger partial charge in [-0.2, -0.15) is 0 Å². The largest absolute Gasteiger partial charge is 0.299 e. The minimum Gasteiger partial charge on any atom is -0.299 e. The van der Waals surface area contributed by atoms with Crippen molar-refractivity contribution >= 4 is 29.4 Å². The number of imide groups is 1. The number of thioether (sulfide) groups is 1. The molecule has 0 aromatic rings. The van der Waals surface area contributed by atoms with Crippen LogP contribution in [0.25, 0.3) is 0 Å². The smallest absolute Gasteiger partial charge is 0.242 e. The molecule has 0 N–H and O–H groups in total. The van der Waals surface area contributed by atoms with E-state index < -0.39 is 0 Å². The van der Waals surface area contributed by atoms with Crippen molar-refractivity contribution in [2.24, 2.45) is 17.3 Å². The zero-order chi connectivity index (χ0) is 19.7. The molecule has 26 heavy (non-hydrogen) atoms. The van der Waals surface area contributed by atoms with Crippen molar-refractivity contribution in [1.82, 2.24) is 4.90 Å². The van der Waals surface area contributed by atoms with E-state index in [9.17, 15) is 14.4 Å². The fourth-order valence-corrected chi connectivity index (χ4v) is 5.27. The lowest BCUT2D eigenvalue weighted by Crippen LogP contribution is -2.38. The second-order valence-electron chi connectivity index (χ2n) is 9.60. The van der Waals surface area contributed by atoms with Crippen LogP contribution in [0.1, 0.15) is 80.1 Å². The van der Waals surface area contributed by atoms with Gasteiger partial charge in [0.2, 0.25) is 11.8 Å². The summed E-state index contributed by atoms with van der Waals surface area (Å²) in [6.45, 7) is 12.9. The van der Waals surface area contributed by atoms with E-state index in [1.54, 1.807) is 11.8 Å². The molecule has 2 amide bonds. The van der Waals surface area contributed by atoms with Gasteiger partial charge < -0.3 is 0 Å². The molecule has 0 aromatic carbocycles. The Morgan fingerprint density at radius 1 is 1.08 bits per heavy atom. The number of rotatable bonds is 6. The molecule has 4 nitrogen and oxygen atoms in total. The van der Waals surface area contributed by atoms with Crippen molar-refractivity contribution in [3.63, 3.8) is 0 Å². The molecule has 1 aliphatic heterocycles. The van der Waals surface area contributed by atoms with Crippen LogP contribution in [0.3, 0.4) is 0 Å². The van der Waals surface area contributed by atoms with Crippen LogP contribution in [0.2, 0.25) is 0 Å². The van der Waals surface area contributed by atoms with E-state index in [4.69, 9.17) is 0 Å². The fraction of sp³-hybridized carbons (Fsp3) is 0.857. The number of nitrogens with zero attached hydrogens (tertiary/aromatic N) is 1. The van der Waals surface area contributed by atoms with Gasteiger partial charge in [0.05, 0.1) is 5.25 Å². The molecule has 1 saturated heterocycles. The van der Waals surface area contributed by atoms with Crippen molar-refractivity contribution in [3.05, 3.63) is 0 Å². The SMILES string of the molecule is CCC(C)(C)SC1CC(=O)N(CC2CCC(C(=O)C(C)(C)C)CC2)C1=O. The first-order valence-electron chi connectivity index (χ1n) is 10.0. The second kappa shape index (κ2) is 8.04. The van der Waals surface area contributed by atoms with Crippen molar-refractivity contribution in [2.45, 2.75) is 90.1 Å². The first kappa shape index (κ1) is 21.5. The molecule has 1 atom stereocenters. The third kappa shape index (κ3) is 5.11. The molecule has 1 unspecified atom stereocenters. The molecule has 2 fully saturated rings. The summed E-state index contributed by atoms with van der Waals surface area (Å²) in [6, 6.07) is 0. The number of hydrogen-bond acceptors (Lipinski definition) is 4. The molecule has 5 heteroatoms. The Morgan fingerprint density at radius 2 is 1.65 bits per heavy atom. The molecule has 1 heterocycles. The van der Waals surface area contributed by atoms with Crippen LogP contribution in [0, 0.1) is 17.3 Å². The maximum atomic E-state index is 12.7. The molecule has 1 aliphatic carbocycles. The van der Waals surface area contributed by atoms with Crippen LogP contribution >= 0.6 is 11.8 Å². The second-order valence-corrected chi connectivity index (χ2v) is 11.5. The summed E-state index contributed by atoms with van der Waals surface area (Å²) in [5, 5.41) is -0.226. The lowest BCUT2D eigenvalue weighted by Gasteiger charge is -2.33. The van der Waals surface area contributed by atoms with Crippen LogP contribution in [-0.4, -0.2) is 39.0 Å². The van der Waals surface area contributed by atoms with Crippen molar-refractivity contribution in [1.29, 1.82) is 0 Å². The van der Waals surface area contributed by atoms with E-state index in [2.05, 4.69) is 20.8 Å². The number of hydrogen-bond donors (Lipinski definition) is 0. The number of carbonyl (C=O) groups is 3. The topological polar surface area (TPSA) is 54.5 Å². The monoisotopic (exact) mass is 381 g/mol. The van der Waals surface area contributed by atoms with Crippen LogP contribution in [0.5, 0.6) is 0 Å². The molecule has 0 spiro atoms. The van der Waals surface area contributed by atoms with Gasteiger partial charge in [-0.05, 0) is 38.0 Å². The quantitative estimate of drug-likeness (QED) is 0.638. The highest BCUT2D eigenvalue weighted by Crippen LogP contribution is 2.39. The first-order chi connectivity index (χ1) is 11.9. The van der Waals surface area contributed by atoms with Gasteiger partial charge in [-0.3, -0.25) is 19.3 Å². The van der Waals surface area contributed by atoms with Gasteiger partial charge in [0, 0.05) is 29.0 Å². The van der Waals surface area contributed by atoms with Crippen LogP contribution in [0.4, 0.5) is 0 Å². The third-order valence-corrected chi connectivity index (χ3v) is 7.49. The maximum absolute atomic E-state index is 12.7. The summed E-state index contributed by atoms with van der Waals surface area (Å²) in [4.78, 5) is 39.1. The standard InChI is InChI=1S/C21H35NO3S/c1-7-21(5,6)26-16-12-17(23)22(19(16)25)13-14-8-10-15(11-9-14)18(24)20(2,3)4/h14-16H,7-13H2,1-6H3. The maximum Gasteiger partial charge on any atom is 0.242 e. The Labute approximate surface area is 162 Å². The normalized spacial score (nSPS) is 27.9. The number of likely N-dealkylation sites (tertiary alicyclic amines) is 1. The Hall–Kier alpha value is -0.840. The van der Waals surface area contributed by atoms with Gasteiger partial charge in [0.1, 0.15) is 5.78 Å². The summed E-state index contributed by atoms with van der Waals surface area (Å²) >= 11 is 1.64. The molecule has 0 bridgehead atoms. The van der Waals surface area contributed by atoms with E-state index in [0.29, 0.717) is 24.7 Å². The van der Waals surface area contributed by atoms with E-state index >= 15 is 0 Å². The van der Waals surface area contributed by atoms with Crippen LogP contribution in [0.15, 0.2) is 0 Å². The average molecular weight is 382 g/mol. The van der Waals surface area contributed by atoms with Crippen LogP contribution < -0.4 is 0 Å². The van der Waals surface area contributed by atoms with Gasteiger partial charge in [0.25, 0.3) is 0 Å².